The molecule has 1 aliphatic carbocycles. The van der Waals surface area contributed by atoms with Crippen LogP contribution in [-0.2, 0) is 0 Å². The van der Waals surface area contributed by atoms with Crippen LogP contribution in [0.2, 0.25) is 5.02 Å². The SMILES string of the molecule is Cc1ccc(NC2CCN(C3CC3)CC2)c(Cl)c1. The number of aryl methyl sites for hydroxylation is 1. The molecule has 3 rings (SSSR count). The maximum atomic E-state index is 6.26. The summed E-state index contributed by atoms with van der Waals surface area (Å²) in [6.45, 7) is 4.56. The van der Waals surface area contributed by atoms with E-state index in [1.807, 2.05) is 6.07 Å². The van der Waals surface area contributed by atoms with E-state index in [-0.39, 0.29) is 0 Å². The normalized spacial score (nSPS) is 22.1. The summed E-state index contributed by atoms with van der Waals surface area (Å²) in [4.78, 5) is 2.65. The first kappa shape index (κ1) is 12.3. The van der Waals surface area contributed by atoms with Gasteiger partial charge in [-0.2, -0.15) is 0 Å². The van der Waals surface area contributed by atoms with Crippen LogP contribution in [0, 0.1) is 6.92 Å². The van der Waals surface area contributed by atoms with Crippen molar-refractivity contribution in [1.29, 1.82) is 0 Å². The molecule has 18 heavy (non-hydrogen) atoms. The van der Waals surface area contributed by atoms with Gasteiger partial charge in [0, 0.05) is 25.2 Å². The predicted molar refractivity (Wildman–Crippen MR) is 77.4 cm³/mol. The number of nitrogens with zero attached hydrogens (tertiary/aromatic N) is 1. The van der Waals surface area contributed by atoms with Gasteiger partial charge in [-0.25, -0.2) is 0 Å². The number of hydrogen-bond donors (Lipinski definition) is 1. The second-order valence-electron chi connectivity index (χ2n) is 5.67. The van der Waals surface area contributed by atoms with E-state index >= 15 is 0 Å². The summed E-state index contributed by atoms with van der Waals surface area (Å²) in [6, 6.07) is 7.75. The summed E-state index contributed by atoms with van der Waals surface area (Å²) in [5.41, 5.74) is 2.31. The molecule has 2 nitrogen and oxygen atoms in total. The minimum absolute atomic E-state index is 0.584. The zero-order valence-corrected chi connectivity index (χ0v) is 11.7. The van der Waals surface area contributed by atoms with Crippen molar-refractivity contribution >= 4 is 17.3 Å². The molecule has 1 heterocycles. The van der Waals surface area contributed by atoms with Gasteiger partial charge in [-0.1, -0.05) is 17.7 Å². The molecule has 0 unspecified atom stereocenters. The van der Waals surface area contributed by atoms with E-state index in [2.05, 4.69) is 29.3 Å². The zero-order chi connectivity index (χ0) is 12.5. The lowest BCUT2D eigenvalue weighted by Crippen LogP contribution is -2.40. The Labute approximate surface area is 114 Å². The topological polar surface area (TPSA) is 15.3 Å². The van der Waals surface area contributed by atoms with Crippen molar-refractivity contribution < 1.29 is 0 Å². The van der Waals surface area contributed by atoms with Crippen LogP contribution in [0.1, 0.15) is 31.2 Å². The molecule has 98 valence electrons. The van der Waals surface area contributed by atoms with Crippen molar-refractivity contribution in [3.8, 4) is 0 Å². The average Bonchev–Trinajstić information content (AvgIpc) is 3.18. The van der Waals surface area contributed by atoms with Gasteiger partial charge in [0.15, 0.2) is 0 Å². The molecule has 1 N–H and O–H groups in total. The molecule has 2 aliphatic rings. The van der Waals surface area contributed by atoms with Crippen LogP contribution in [0.25, 0.3) is 0 Å². The number of rotatable bonds is 3. The Balaban J connectivity index is 1.56. The standard InChI is InChI=1S/C15H21ClN2/c1-11-2-5-15(14(16)10-11)17-12-6-8-18(9-7-12)13-3-4-13/h2,5,10,12-13,17H,3-4,6-9H2,1H3. The molecule has 1 saturated carbocycles. The largest absolute Gasteiger partial charge is 0.381 e. The number of benzene rings is 1. The van der Waals surface area contributed by atoms with E-state index in [9.17, 15) is 0 Å². The third-order valence-electron chi connectivity index (χ3n) is 4.08. The van der Waals surface area contributed by atoms with E-state index in [0.29, 0.717) is 6.04 Å². The summed E-state index contributed by atoms with van der Waals surface area (Å²) in [6.07, 6.45) is 5.31. The molecule has 0 radical (unpaired) electrons. The number of halogens is 1. The molecular weight excluding hydrogens is 244 g/mol. The highest BCUT2D eigenvalue weighted by Gasteiger charge is 2.31. The maximum Gasteiger partial charge on any atom is 0.0640 e. The van der Waals surface area contributed by atoms with Crippen LogP contribution in [0.4, 0.5) is 5.69 Å². The number of nitrogens with one attached hydrogen (secondary N) is 1. The minimum Gasteiger partial charge on any atom is -0.381 e. The number of hydrogen-bond acceptors (Lipinski definition) is 2. The highest BCUT2D eigenvalue weighted by Crippen LogP contribution is 2.31. The van der Waals surface area contributed by atoms with Gasteiger partial charge in [0.25, 0.3) is 0 Å². The minimum atomic E-state index is 0.584. The van der Waals surface area contributed by atoms with Crippen LogP contribution < -0.4 is 5.32 Å². The van der Waals surface area contributed by atoms with Crippen molar-refractivity contribution in [1.82, 2.24) is 4.90 Å². The predicted octanol–water partition coefficient (Wildman–Crippen LogP) is 3.69. The van der Waals surface area contributed by atoms with Crippen LogP contribution >= 0.6 is 11.6 Å². The van der Waals surface area contributed by atoms with Crippen molar-refractivity contribution in [2.24, 2.45) is 0 Å². The third kappa shape index (κ3) is 2.81. The molecule has 0 amide bonds. The fourth-order valence-corrected chi connectivity index (χ4v) is 3.10. The Kier molecular flexibility index (Phi) is 3.49. The van der Waals surface area contributed by atoms with Gasteiger partial charge in [0.1, 0.15) is 0 Å². The quantitative estimate of drug-likeness (QED) is 0.896. The van der Waals surface area contributed by atoms with Crippen LogP contribution in [0.15, 0.2) is 18.2 Å². The van der Waals surface area contributed by atoms with Gasteiger partial charge >= 0.3 is 0 Å². The van der Waals surface area contributed by atoms with E-state index in [4.69, 9.17) is 11.6 Å². The monoisotopic (exact) mass is 264 g/mol. The highest BCUT2D eigenvalue weighted by atomic mass is 35.5. The second-order valence-corrected chi connectivity index (χ2v) is 6.08. The average molecular weight is 265 g/mol. The zero-order valence-electron chi connectivity index (χ0n) is 11.0. The van der Waals surface area contributed by atoms with E-state index < -0.39 is 0 Å². The van der Waals surface area contributed by atoms with Gasteiger partial charge in [0.2, 0.25) is 0 Å². The first-order chi connectivity index (χ1) is 8.72. The lowest BCUT2D eigenvalue weighted by Gasteiger charge is -2.33. The second kappa shape index (κ2) is 5.10. The van der Waals surface area contributed by atoms with Crippen LogP contribution in [0.3, 0.4) is 0 Å². The van der Waals surface area contributed by atoms with Crippen molar-refractivity contribution in [2.75, 3.05) is 18.4 Å². The molecule has 0 atom stereocenters. The molecule has 1 aliphatic heterocycles. The maximum absolute atomic E-state index is 6.26. The van der Waals surface area contributed by atoms with Crippen LogP contribution in [0.5, 0.6) is 0 Å². The molecule has 3 heteroatoms. The number of piperidine rings is 1. The van der Waals surface area contributed by atoms with Gasteiger partial charge < -0.3 is 10.2 Å². The molecule has 0 spiro atoms. The van der Waals surface area contributed by atoms with Crippen LogP contribution in [-0.4, -0.2) is 30.1 Å². The van der Waals surface area contributed by atoms with Crippen molar-refractivity contribution in [3.05, 3.63) is 28.8 Å². The molecule has 2 fully saturated rings. The Hall–Kier alpha value is -0.730. The van der Waals surface area contributed by atoms with Gasteiger partial charge in [-0.15, -0.1) is 0 Å². The lowest BCUT2D eigenvalue weighted by atomic mass is 10.0. The summed E-state index contributed by atoms with van der Waals surface area (Å²) < 4.78 is 0. The van der Waals surface area contributed by atoms with Crippen molar-refractivity contribution in [2.45, 2.75) is 44.7 Å². The summed E-state index contributed by atoms with van der Waals surface area (Å²) in [5, 5.41) is 4.44. The fourth-order valence-electron chi connectivity index (χ4n) is 2.81. The Morgan fingerprint density at radius 3 is 2.50 bits per heavy atom. The van der Waals surface area contributed by atoms with E-state index in [1.54, 1.807) is 0 Å². The van der Waals surface area contributed by atoms with E-state index in [0.717, 1.165) is 16.8 Å². The third-order valence-corrected chi connectivity index (χ3v) is 4.39. The van der Waals surface area contributed by atoms with Crippen molar-refractivity contribution in [3.63, 3.8) is 0 Å². The molecule has 1 aromatic rings. The molecule has 1 saturated heterocycles. The van der Waals surface area contributed by atoms with Gasteiger partial charge in [-0.3, -0.25) is 0 Å². The molecule has 0 aromatic heterocycles. The Morgan fingerprint density at radius 2 is 1.89 bits per heavy atom. The first-order valence-corrected chi connectivity index (χ1v) is 7.37. The summed E-state index contributed by atoms with van der Waals surface area (Å²) in [5.74, 6) is 0. The van der Waals surface area contributed by atoms with E-state index in [1.165, 1.54) is 44.3 Å². The summed E-state index contributed by atoms with van der Waals surface area (Å²) in [7, 11) is 0. The number of likely N-dealkylation sites (tertiary alicyclic amines) is 1. The summed E-state index contributed by atoms with van der Waals surface area (Å²) >= 11 is 6.26. The smallest absolute Gasteiger partial charge is 0.0640 e. The molecule has 0 bridgehead atoms. The number of anilines is 1. The van der Waals surface area contributed by atoms with Gasteiger partial charge in [0.05, 0.1) is 10.7 Å². The highest BCUT2D eigenvalue weighted by molar-refractivity contribution is 6.33. The Bertz CT molecular complexity index is 421. The van der Waals surface area contributed by atoms with Gasteiger partial charge in [-0.05, 0) is 50.3 Å². The lowest BCUT2D eigenvalue weighted by molar-refractivity contribution is 0.210. The Morgan fingerprint density at radius 1 is 1.17 bits per heavy atom. The molecule has 1 aromatic carbocycles. The molecular formula is C15H21ClN2. The fraction of sp³-hybridized carbons (Fsp3) is 0.600. The first-order valence-electron chi connectivity index (χ1n) is 6.99.